The van der Waals surface area contributed by atoms with Crippen molar-refractivity contribution >= 4 is 27.4 Å². The summed E-state index contributed by atoms with van der Waals surface area (Å²) in [6.45, 7) is 4.89. The Morgan fingerprint density at radius 3 is 2.56 bits per heavy atom. The molecule has 2 bridgehead atoms. The molecule has 8 heteroatoms. The van der Waals surface area contributed by atoms with Gasteiger partial charge in [-0.2, -0.15) is 4.31 Å². The summed E-state index contributed by atoms with van der Waals surface area (Å²) < 4.78 is 27.9. The number of piperidine rings is 1. The smallest absolute Gasteiger partial charge is 0.244 e. The van der Waals surface area contributed by atoms with Crippen LogP contribution in [0.1, 0.15) is 17.8 Å². The standard InChI is InChI=1S/C17H19ClN4O2S/c1-11-15(18)4-3-5-16(11)25(23,24)22-13-8-14(22)10-21(9-13)17-6-7-19-12(2)20-17/h3-7,13-14H,8-10H2,1-2H3. The third-order valence-electron chi connectivity index (χ3n) is 4.98. The van der Waals surface area contributed by atoms with Gasteiger partial charge in [0.1, 0.15) is 11.6 Å². The summed E-state index contributed by atoms with van der Waals surface area (Å²) in [7, 11) is -3.54. The van der Waals surface area contributed by atoms with Crippen molar-refractivity contribution in [2.75, 3.05) is 18.0 Å². The van der Waals surface area contributed by atoms with Gasteiger partial charge in [0.05, 0.1) is 4.90 Å². The topological polar surface area (TPSA) is 66.4 Å². The number of aromatic nitrogens is 2. The molecule has 3 aliphatic heterocycles. The number of rotatable bonds is 3. The third kappa shape index (κ3) is 2.70. The molecule has 5 rings (SSSR count). The minimum atomic E-state index is -3.54. The van der Waals surface area contributed by atoms with Gasteiger partial charge in [0.25, 0.3) is 0 Å². The fraction of sp³-hybridized carbons (Fsp3) is 0.412. The lowest BCUT2D eigenvalue weighted by molar-refractivity contribution is 0.0874. The Kier molecular flexibility index (Phi) is 3.97. The van der Waals surface area contributed by atoms with Crippen molar-refractivity contribution in [2.45, 2.75) is 37.2 Å². The highest BCUT2D eigenvalue weighted by Gasteiger charge is 2.51. The monoisotopic (exact) mass is 378 g/mol. The highest BCUT2D eigenvalue weighted by atomic mass is 35.5. The number of benzene rings is 1. The number of anilines is 1. The second-order valence-corrected chi connectivity index (χ2v) is 8.83. The highest BCUT2D eigenvalue weighted by molar-refractivity contribution is 7.89. The molecule has 0 radical (unpaired) electrons. The number of hydrogen-bond acceptors (Lipinski definition) is 5. The predicted octanol–water partition coefficient (Wildman–Crippen LogP) is 2.40. The van der Waals surface area contributed by atoms with E-state index in [0.717, 1.165) is 18.1 Å². The molecule has 3 saturated heterocycles. The summed E-state index contributed by atoms with van der Waals surface area (Å²) in [5.41, 5.74) is 0.609. The van der Waals surface area contributed by atoms with Crippen LogP contribution >= 0.6 is 11.6 Å². The molecule has 0 saturated carbocycles. The van der Waals surface area contributed by atoms with Crippen LogP contribution < -0.4 is 4.90 Å². The Morgan fingerprint density at radius 1 is 1.16 bits per heavy atom. The van der Waals surface area contributed by atoms with E-state index in [1.165, 1.54) is 0 Å². The summed E-state index contributed by atoms with van der Waals surface area (Å²) in [4.78, 5) is 11.0. The molecule has 1 aromatic heterocycles. The number of hydrogen-bond donors (Lipinski definition) is 0. The zero-order chi connectivity index (χ0) is 17.8. The van der Waals surface area contributed by atoms with Crippen LogP contribution in [0.4, 0.5) is 5.82 Å². The molecule has 0 amide bonds. The first-order valence-corrected chi connectivity index (χ1v) is 10.0. The lowest BCUT2D eigenvalue weighted by Crippen LogP contribution is -2.70. The van der Waals surface area contributed by atoms with E-state index in [1.54, 1.807) is 35.6 Å². The Hall–Kier alpha value is -1.70. The second-order valence-electron chi connectivity index (χ2n) is 6.61. The number of nitrogens with zero attached hydrogens (tertiary/aromatic N) is 4. The van der Waals surface area contributed by atoms with E-state index in [0.29, 0.717) is 28.6 Å². The fourth-order valence-corrected chi connectivity index (χ4v) is 6.05. The second kappa shape index (κ2) is 5.93. The van der Waals surface area contributed by atoms with Gasteiger partial charge in [-0.15, -0.1) is 0 Å². The number of piperazine rings is 1. The summed E-state index contributed by atoms with van der Waals surface area (Å²) in [5, 5.41) is 0.477. The molecule has 3 aliphatic rings. The van der Waals surface area contributed by atoms with Gasteiger partial charge in [0, 0.05) is 36.4 Å². The molecule has 0 N–H and O–H groups in total. The van der Waals surface area contributed by atoms with Crippen LogP contribution in [0.15, 0.2) is 35.4 Å². The predicted molar refractivity (Wildman–Crippen MR) is 96.4 cm³/mol. The van der Waals surface area contributed by atoms with E-state index in [4.69, 9.17) is 11.6 Å². The third-order valence-corrected chi connectivity index (χ3v) is 7.54. The number of sulfonamides is 1. The Labute approximate surface area is 152 Å². The first-order valence-electron chi connectivity index (χ1n) is 8.21. The van der Waals surface area contributed by atoms with Gasteiger partial charge >= 0.3 is 0 Å². The van der Waals surface area contributed by atoms with Gasteiger partial charge in [0.2, 0.25) is 10.0 Å². The quantitative estimate of drug-likeness (QED) is 0.820. The number of fused-ring (bicyclic) bond motifs is 2. The van der Waals surface area contributed by atoms with Crippen LogP contribution in [0.25, 0.3) is 0 Å². The van der Waals surface area contributed by atoms with Crippen LogP contribution in [0.2, 0.25) is 5.02 Å². The molecule has 6 nitrogen and oxygen atoms in total. The van der Waals surface area contributed by atoms with Crippen molar-refractivity contribution in [3.05, 3.63) is 46.9 Å². The molecule has 25 heavy (non-hydrogen) atoms. The summed E-state index contributed by atoms with van der Waals surface area (Å²) in [5.74, 6) is 1.58. The van der Waals surface area contributed by atoms with E-state index >= 15 is 0 Å². The number of aryl methyl sites for hydroxylation is 1. The Bertz CT molecular complexity index is 922. The van der Waals surface area contributed by atoms with Crippen molar-refractivity contribution in [1.29, 1.82) is 0 Å². The van der Waals surface area contributed by atoms with Gasteiger partial charge < -0.3 is 4.90 Å². The molecule has 132 valence electrons. The van der Waals surface area contributed by atoms with E-state index in [1.807, 2.05) is 13.0 Å². The average Bonchev–Trinajstić information content (AvgIpc) is 2.57. The van der Waals surface area contributed by atoms with Crippen molar-refractivity contribution in [3.63, 3.8) is 0 Å². The first-order chi connectivity index (χ1) is 11.9. The van der Waals surface area contributed by atoms with Crippen LogP contribution in [-0.2, 0) is 10.0 Å². The molecular formula is C17H19ClN4O2S. The zero-order valence-corrected chi connectivity index (χ0v) is 15.6. The molecule has 0 aliphatic carbocycles. The molecule has 0 spiro atoms. The highest BCUT2D eigenvalue weighted by Crippen LogP contribution is 2.39. The Morgan fingerprint density at radius 2 is 1.88 bits per heavy atom. The van der Waals surface area contributed by atoms with E-state index in [9.17, 15) is 8.42 Å². The number of halogens is 1. The van der Waals surface area contributed by atoms with Crippen molar-refractivity contribution in [2.24, 2.45) is 0 Å². The molecule has 2 aromatic rings. The summed E-state index contributed by atoms with van der Waals surface area (Å²) in [6, 6.07) is 6.85. The van der Waals surface area contributed by atoms with Crippen molar-refractivity contribution in [3.8, 4) is 0 Å². The molecule has 3 fully saturated rings. The van der Waals surface area contributed by atoms with Crippen LogP contribution in [0.3, 0.4) is 0 Å². The van der Waals surface area contributed by atoms with E-state index < -0.39 is 10.0 Å². The van der Waals surface area contributed by atoms with Crippen LogP contribution in [-0.4, -0.2) is 47.9 Å². The van der Waals surface area contributed by atoms with Gasteiger partial charge in [-0.05, 0) is 44.0 Å². The minimum Gasteiger partial charge on any atom is -0.353 e. The summed E-state index contributed by atoms with van der Waals surface area (Å²) >= 11 is 6.12. The van der Waals surface area contributed by atoms with Crippen LogP contribution in [0, 0.1) is 13.8 Å². The van der Waals surface area contributed by atoms with E-state index in [2.05, 4.69) is 14.9 Å². The molecule has 1 aromatic carbocycles. The molecule has 2 unspecified atom stereocenters. The lowest BCUT2D eigenvalue weighted by atomic mass is 9.91. The lowest BCUT2D eigenvalue weighted by Gasteiger charge is -2.55. The van der Waals surface area contributed by atoms with Crippen molar-refractivity contribution in [1.82, 2.24) is 14.3 Å². The molecule has 4 heterocycles. The minimum absolute atomic E-state index is 0.0302. The molecule has 2 atom stereocenters. The maximum atomic E-state index is 13.1. The average molecular weight is 379 g/mol. The van der Waals surface area contributed by atoms with Gasteiger partial charge in [-0.3, -0.25) is 0 Å². The normalized spacial score (nSPS) is 23.4. The van der Waals surface area contributed by atoms with Crippen LogP contribution in [0.5, 0.6) is 0 Å². The van der Waals surface area contributed by atoms with E-state index in [-0.39, 0.29) is 12.1 Å². The largest absolute Gasteiger partial charge is 0.353 e. The zero-order valence-electron chi connectivity index (χ0n) is 14.1. The Balaban J connectivity index is 1.60. The van der Waals surface area contributed by atoms with Crippen molar-refractivity contribution < 1.29 is 8.42 Å². The SMILES string of the molecule is Cc1nccc(N2CC3CC(C2)N3S(=O)(=O)c2cccc(Cl)c2C)n1. The maximum Gasteiger partial charge on any atom is 0.244 e. The first kappa shape index (κ1) is 16.8. The summed E-state index contributed by atoms with van der Waals surface area (Å²) in [6.07, 6.45) is 2.63. The molecular weight excluding hydrogens is 360 g/mol. The van der Waals surface area contributed by atoms with Gasteiger partial charge in [-0.25, -0.2) is 18.4 Å². The van der Waals surface area contributed by atoms with Gasteiger partial charge in [0.15, 0.2) is 0 Å². The fourth-order valence-electron chi connectivity index (χ4n) is 3.76. The van der Waals surface area contributed by atoms with Gasteiger partial charge in [-0.1, -0.05) is 17.7 Å². The maximum absolute atomic E-state index is 13.1.